The van der Waals surface area contributed by atoms with Gasteiger partial charge in [-0.05, 0) is 18.2 Å². The Labute approximate surface area is 125 Å². The van der Waals surface area contributed by atoms with Crippen LogP contribution in [0.5, 0.6) is 0 Å². The van der Waals surface area contributed by atoms with E-state index in [1.54, 1.807) is 18.2 Å². The van der Waals surface area contributed by atoms with Gasteiger partial charge >= 0.3 is 5.97 Å². The third-order valence-electron chi connectivity index (χ3n) is 2.56. The van der Waals surface area contributed by atoms with Gasteiger partial charge in [0.15, 0.2) is 11.4 Å². The highest BCUT2D eigenvalue weighted by molar-refractivity contribution is 6.08. The van der Waals surface area contributed by atoms with Gasteiger partial charge in [0.2, 0.25) is 5.91 Å². The van der Waals surface area contributed by atoms with Gasteiger partial charge in [0.1, 0.15) is 0 Å². The number of carbonyl (C=O) groups is 3. The molecule has 2 amide bonds. The van der Waals surface area contributed by atoms with Gasteiger partial charge in [-0.15, -0.1) is 0 Å². The highest BCUT2D eigenvalue weighted by atomic mass is 16.4. The number of rotatable bonds is 4. The van der Waals surface area contributed by atoms with Crippen LogP contribution in [0.15, 0.2) is 36.7 Å². The van der Waals surface area contributed by atoms with Gasteiger partial charge in [0.05, 0.1) is 0 Å². The number of aromatic nitrogens is 2. The fourth-order valence-electron chi connectivity index (χ4n) is 1.73. The van der Waals surface area contributed by atoms with Gasteiger partial charge < -0.3 is 15.7 Å². The summed E-state index contributed by atoms with van der Waals surface area (Å²) < 4.78 is 0. The van der Waals surface area contributed by atoms with Crippen LogP contribution in [0.2, 0.25) is 0 Å². The van der Waals surface area contributed by atoms with Crippen molar-refractivity contribution in [2.45, 2.75) is 6.92 Å². The van der Waals surface area contributed by atoms with E-state index in [0.717, 1.165) is 0 Å². The van der Waals surface area contributed by atoms with Gasteiger partial charge in [0, 0.05) is 30.7 Å². The van der Waals surface area contributed by atoms with Crippen LogP contribution in [0.25, 0.3) is 0 Å². The molecule has 0 aliphatic carbocycles. The van der Waals surface area contributed by atoms with Crippen molar-refractivity contribution in [1.82, 2.24) is 9.97 Å². The largest absolute Gasteiger partial charge is 0.476 e. The number of aromatic carboxylic acids is 1. The highest BCUT2D eigenvalue weighted by Crippen LogP contribution is 2.16. The number of hydrogen-bond acceptors (Lipinski definition) is 5. The fourth-order valence-corrected chi connectivity index (χ4v) is 1.73. The van der Waals surface area contributed by atoms with Crippen molar-refractivity contribution >= 4 is 29.2 Å². The van der Waals surface area contributed by atoms with E-state index in [9.17, 15) is 14.4 Å². The van der Waals surface area contributed by atoms with Crippen molar-refractivity contribution in [1.29, 1.82) is 0 Å². The van der Waals surface area contributed by atoms with Gasteiger partial charge in [0.25, 0.3) is 5.91 Å². The van der Waals surface area contributed by atoms with E-state index in [2.05, 4.69) is 20.6 Å². The molecule has 1 heterocycles. The molecule has 0 radical (unpaired) electrons. The second-order valence-corrected chi connectivity index (χ2v) is 4.27. The van der Waals surface area contributed by atoms with Crippen molar-refractivity contribution in [3.05, 3.63) is 48.0 Å². The van der Waals surface area contributed by atoms with Crippen LogP contribution in [0.1, 0.15) is 27.9 Å². The van der Waals surface area contributed by atoms with Crippen molar-refractivity contribution < 1.29 is 19.5 Å². The molecular formula is C14H12N4O4. The smallest absolute Gasteiger partial charge is 0.356 e. The molecule has 0 bridgehead atoms. The Kier molecular flexibility index (Phi) is 4.42. The van der Waals surface area contributed by atoms with Crippen LogP contribution in [-0.2, 0) is 4.79 Å². The quantitative estimate of drug-likeness (QED) is 0.784. The number of hydrogen-bond donors (Lipinski definition) is 3. The van der Waals surface area contributed by atoms with Crippen LogP contribution in [0, 0.1) is 0 Å². The monoisotopic (exact) mass is 300 g/mol. The molecule has 2 aromatic rings. The predicted octanol–water partition coefficient (Wildman–Crippen LogP) is 1.39. The Hall–Kier alpha value is -3.29. The molecule has 0 unspecified atom stereocenters. The molecule has 0 saturated carbocycles. The van der Waals surface area contributed by atoms with E-state index < -0.39 is 17.6 Å². The molecule has 0 aliphatic heterocycles. The van der Waals surface area contributed by atoms with E-state index in [0.29, 0.717) is 11.4 Å². The number of carbonyl (C=O) groups excluding carboxylic acids is 2. The second-order valence-electron chi connectivity index (χ2n) is 4.27. The molecule has 0 saturated heterocycles. The zero-order valence-electron chi connectivity index (χ0n) is 11.5. The van der Waals surface area contributed by atoms with E-state index in [1.165, 1.54) is 25.4 Å². The van der Waals surface area contributed by atoms with E-state index in [1.807, 2.05) is 0 Å². The number of anilines is 2. The minimum Gasteiger partial charge on any atom is -0.476 e. The molecule has 0 spiro atoms. The first-order chi connectivity index (χ1) is 10.5. The van der Waals surface area contributed by atoms with Crippen LogP contribution in [0.4, 0.5) is 11.4 Å². The van der Waals surface area contributed by atoms with Gasteiger partial charge in [-0.25, -0.2) is 14.8 Å². The zero-order chi connectivity index (χ0) is 16.1. The Morgan fingerprint density at radius 1 is 1.00 bits per heavy atom. The van der Waals surface area contributed by atoms with Gasteiger partial charge in [-0.2, -0.15) is 0 Å². The number of nitrogens with zero attached hydrogens (tertiary/aromatic N) is 2. The summed E-state index contributed by atoms with van der Waals surface area (Å²) in [6.07, 6.45) is 2.42. The summed E-state index contributed by atoms with van der Waals surface area (Å²) >= 11 is 0. The fraction of sp³-hybridized carbons (Fsp3) is 0.0714. The summed E-state index contributed by atoms with van der Waals surface area (Å²) in [4.78, 5) is 41.5. The summed E-state index contributed by atoms with van der Waals surface area (Å²) in [5.74, 6) is -2.29. The molecule has 0 fully saturated rings. The topological polar surface area (TPSA) is 121 Å². The summed E-state index contributed by atoms with van der Waals surface area (Å²) in [7, 11) is 0. The molecule has 22 heavy (non-hydrogen) atoms. The SMILES string of the molecule is CC(=O)Nc1cccc(NC(=O)c2nccnc2C(=O)O)c1. The van der Waals surface area contributed by atoms with Crippen LogP contribution < -0.4 is 10.6 Å². The molecule has 0 aliphatic rings. The van der Waals surface area contributed by atoms with E-state index in [4.69, 9.17) is 5.11 Å². The Morgan fingerprint density at radius 2 is 1.59 bits per heavy atom. The minimum absolute atomic E-state index is 0.245. The maximum Gasteiger partial charge on any atom is 0.356 e. The maximum absolute atomic E-state index is 12.1. The van der Waals surface area contributed by atoms with Crippen molar-refractivity contribution in [3.8, 4) is 0 Å². The van der Waals surface area contributed by atoms with E-state index in [-0.39, 0.29) is 11.6 Å². The zero-order valence-corrected chi connectivity index (χ0v) is 11.5. The lowest BCUT2D eigenvalue weighted by molar-refractivity contribution is -0.114. The first-order valence-corrected chi connectivity index (χ1v) is 6.20. The van der Waals surface area contributed by atoms with E-state index >= 15 is 0 Å². The lowest BCUT2D eigenvalue weighted by Gasteiger charge is -2.08. The number of nitrogens with one attached hydrogen (secondary N) is 2. The molecule has 1 aromatic heterocycles. The number of amides is 2. The molecule has 3 N–H and O–H groups in total. The third-order valence-corrected chi connectivity index (χ3v) is 2.56. The molecule has 1 aromatic carbocycles. The number of carboxylic acid groups (broad SMARTS) is 1. The van der Waals surface area contributed by atoms with Crippen LogP contribution in [0.3, 0.4) is 0 Å². The average molecular weight is 300 g/mol. The normalized spacial score (nSPS) is 9.86. The summed E-state index contributed by atoms with van der Waals surface area (Å²) in [5.41, 5.74) is 0.166. The lowest BCUT2D eigenvalue weighted by Crippen LogP contribution is -2.19. The number of carboxylic acids is 1. The molecule has 8 nitrogen and oxygen atoms in total. The molecule has 2 rings (SSSR count). The van der Waals surface area contributed by atoms with Gasteiger partial charge in [-0.1, -0.05) is 6.07 Å². The average Bonchev–Trinajstić information content (AvgIpc) is 2.46. The van der Waals surface area contributed by atoms with Gasteiger partial charge in [-0.3, -0.25) is 9.59 Å². The van der Waals surface area contributed by atoms with Crippen molar-refractivity contribution in [2.24, 2.45) is 0 Å². The first kappa shape index (κ1) is 15.1. The summed E-state index contributed by atoms with van der Waals surface area (Å²) in [6, 6.07) is 6.42. The van der Waals surface area contributed by atoms with Crippen molar-refractivity contribution in [2.75, 3.05) is 10.6 Å². The highest BCUT2D eigenvalue weighted by Gasteiger charge is 2.19. The Morgan fingerprint density at radius 3 is 2.18 bits per heavy atom. The van der Waals surface area contributed by atoms with Crippen molar-refractivity contribution in [3.63, 3.8) is 0 Å². The van der Waals surface area contributed by atoms with Crippen LogP contribution in [-0.4, -0.2) is 32.9 Å². The lowest BCUT2D eigenvalue weighted by atomic mass is 10.2. The molecular weight excluding hydrogens is 288 g/mol. The number of benzene rings is 1. The Bertz CT molecular complexity index is 745. The maximum atomic E-state index is 12.1. The molecule has 112 valence electrons. The Balaban J connectivity index is 2.22. The second kappa shape index (κ2) is 6.44. The molecule has 8 heteroatoms. The third kappa shape index (κ3) is 3.63. The van der Waals surface area contributed by atoms with Crippen LogP contribution >= 0.6 is 0 Å². The first-order valence-electron chi connectivity index (χ1n) is 6.20. The summed E-state index contributed by atoms with van der Waals surface area (Å²) in [5, 5.41) is 14.1. The summed E-state index contributed by atoms with van der Waals surface area (Å²) in [6.45, 7) is 1.37. The minimum atomic E-state index is -1.34. The molecule has 0 atom stereocenters. The predicted molar refractivity (Wildman–Crippen MR) is 77.7 cm³/mol. The standard InChI is InChI=1S/C14H12N4O4/c1-8(19)17-9-3-2-4-10(7-9)18-13(20)11-12(14(21)22)16-6-5-15-11/h2-7H,1H3,(H,17,19)(H,18,20)(H,21,22).